The molecule has 0 aromatic heterocycles. The number of rotatable bonds is 2. The summed E-state index contributed by atoms with van der Waals surface area (Å²) in [7, 11) is -3.57. The molecule has 2 aromatic carbocycles. The minimum absolute atomic E-state index is 0. The van der Waals surface area contributed by atoms with E-state index in [2.05, 4.69) is 0 Å². The predicted molar refractivity (Wildman–Crippen MR) is 62.8 cm³/mol. The third kappa shape index (κ3) is 3.57. The zero-order valence-electron chi connectivity index (χ0n) is 9.63. The van der Waals surface area contributed by atoms with Gasteiger partial charge >= 0.3 is 51.4 Å². The Morgan fingerprint density at radius 3 is 1.67 bits per heavy atom. The summed E-state index contributed by atoms with van der Waals surface area (Å²) in [6.45, 7) is 0. The third-order valence-electron chi connectivity index (χ3n) is 2.26. The molecule has 2 rings (SSSR count). The zero-order valence-corrected chi connectivity index (χ0v) is 14.3. The Morgan fingerprint density at radius 2 is 1.22 bits per heavy atom. The van der Waals surface area contributed by atoms with Gasteiger partial charge in [0.25, 0.3) is 0 Å². The van der Waals surface area contributed by atoms with E-state index in [9.17, 15) is 13.5 Å². The van der Waals surface area contributed by atoms with E-state index in [1.54, 1.807) is 0 Å². The van der Waals surface area contributed by atoms with E-state index in [0.717, 1.165) is 0 Å². The molecule has 0 fully saturated rings. The van der Waals surface area contributed by atoms with Gasteiger partial charge in [0, 0.05) is 5.02 Å². The van der Waals surface area contributed by atoms with Crippen molar-refractivity contribution in [2.24, 2.45) is 0 Å². The van der Waals surface area contributed by atoms with E-state index in [1.165, 1.54) is 48.5 Å². The molecule has 3 nitrogen and oxygen atoms in total. The van der Waals surface area contributed by atoms with Crippen LogP contribution in [0.2, 0.25) is 5.02 Å². The van der Waals surface area contributed by atoms with Crippen LogP contribution in [0.15, 0.2) is 58.3 Å². The van der Waals surface area contributed by atoms with Crippen molar-refractivity contribution in [3.8, 4) is 5.75 Å². The second-order valence-electron chi connectivity index (χ2n) is 3.43. The molecule has 0 atom stereocenters. The van der Waals surface area contributed by atoms with Gasteiger partial charge in [0.15, 0.2) is 0 Å². The molecule has 2 aromatic rings. The molecule has 0 unspecified atom stereocenters. The third-order valence-corrected chi connectivity index (χ3v) is 4.30. The molecule has 0 saturated carbocycles. The van der Waals surface area contributed by atoms with Crippen molar-refractivity contribution in [1.29, 1.82) is 0 Å². The van der Waals surface area contributed by atoms with Crippen molar-refractivity contribution in [2.45, 2.75) is 9.79 Å². The van der Waals surface area contributed by atoms with Crippen molar-refractivity contribution in [3.63, 3.8) is 0 Å². The van der Waals surface area contributed by atoms with E-state index in [4.69, 9.17) is 11.6 Å². The van der Waals surface area contributed by atoms with Gasteiger partial charge in [0.1, 0.15) is 0 Å². The van der Waals surface area contributed by atoms with Crippen molar-refractivity contribution < 1.29 is 64.9 Å². The minimum atomic E-state index is -3.57. The van der Waals surface area contributed by atoms with Gasteiger partial charge in [0.05, 0.1) is 9.79 Å². The first kappa shape index (κ1) is 16.2. The first-order chi connectivity index (χ1) is 8.00. The van der Waals surface area contributed by atoms with Crippen LogP contribution in [0, 0.1) is 0 Å². The Kier molecular flexibility index (Phi) is 5.86. The average Bonchev–Trinajstić information content (AvgIpc) is 2.30. The molecule has 0 amide bonds. The molecule has 88 valence electrons. The topological polar surface area (TPSA) is 57.2 Å². The van der Waals surface area contributed by atoms with Gasteiger partial charge in [-0.15, -0.1) is 5.75 Å². The van der Waals surface area contributed by atoms with E-state index < -0.39 is 9.84 Å². The Hall–Kier alpha value is 0.116. The van der Waals surface area contributed by atoms with Crippen LogP contribution >= 0.6 is 11.6 Å². The van der Waals surface area contributed by atoms with Crippen LogP contribution < -0.4 is 56.5 Å². The minimum Gasteiger partial charge on any atom is -0.872 e. The van der Waals surface area contributed by atoms with Gasteiger partial charge in [-0.25, -0.2) is 8.42 Å². The number of sulfone groups is 1. The Labute approximate surface area is 153 Å². The van der Waals surface area contributed by atoms with Crippen LogP contribution in [0.5, 0.6) is 5.75 Å². The van der Waals surface area contributed by atoms with Crippen LogP contribution in [0.25, 0.3) is 0 Å². The van der Waals surface area contributed by atoms with Crippen LogP contribution in [-0.2, 0) is 9.84 Å². The van der Waals surface area contributed by atoms with Crippen LogP contribution in [0.3, 0.4) is 0 Å². The largest absolute Gasteiger partial charge is 1.00 e. The molecule has 0 saturated heterocycles. The van der Waals surface area contributed by atoms with Crippen LogP contribution in [0.4, 0.5) is 0 Å². The van der Waals surface area contributed by atoms with Gasteiger partial charge in [-0.05, 0) is 36.4 Å². The summed E-state index contributed by atoms with van der Waals surface area (Å²) in [5.74, 6) is -0.222. The summed E-state index contributed by atoms with van der Waals surface area (Å²) in [5, 5.41) is 11.4. The van der Waals surface area contributed by atoms with Gasteiger partial charge < -0.3 is 5.11 Å². The Morgan fingerprint density at radius 1 is 0.833 bits per heavy atom. The molecule has 0 heterocycles. The van der Waals surface area contributed by atoms with Crippen LogP contribution in [0.1, 0.15) is 0 Å². The van der Waals surface area contributed by atoms with Gasteiger partial charge in [-0.1, -0.05) is 23.7 Å². The predicted octanol–water partition coefficient (Wildman–Crippen LogP) is -0.750. The fourth-order valence-electron chi connectivity index (χ4n) is 1.37. The summed E-state index contributed by atoms with van der Waals surface area (Å²) in [6, 6.07) is 10.9. The number of halogens is 1. The quantitative estimate of drug-likeness (QED) is 0.686. The van der Waals surface area contributed by atoms with Crippen molar-refractivity contribution in [1.82, 2.24) is 0 Å². The van der Waals surface area contributed by atoms with Crippen LogP contribution in [-0.4, -0.2) is 8.42 Å². The number of benzene rings is 2. The fourth-order valence-corrected chi connectivity index (χ4v) is 2.76. The van der Waals surface area contributed by atoms with E-state index >= 15 is 0 Å². The van der Waals surface area contributed by atoms with Gasteiger partial charge in [0.2, 0.25) is 9.84 Å². The maximum atomic E-state index is 12.1. The fraction of sp³-hybridized carbons (Fsp3) is 0. The molecule has 0 aliphatic heterocycles. The maximum Gasteiger partial charge on any atom is 1.00 e. The summed E-state index contributed by atoms with van der Waals surface area (Å²) < 4.78 is 24.2. The smallest absolute Gasteiger partial charge is 0.872 e. The van der Waals surface area contributed by atoms with Gasteiger partial charge in [-0.2, -0.15) is 0 Å². The Bertz CT molecular complexity index is 570. The first-order valence-corrected chi connectivity index (χ1v) is 6.64. The molecule has 0 aliphatic rings. The number of hydrogen-bond donors (Lipinski definition) is 0. The van der Waals surface area contributed by atoms with Crippen molar-refractivity contribution >= 4 is 21.4 Å². The Balaban J connectivity index is 0.00000162. The van der Waals surface area contributed by atoms with E-state index in [-0.39, 0.29) is 66.9 Å². The molecule has 0 aliphatic carbocycles. The van der Waals surface area contributed by atoms with Crippen molar-refractivity contribution in [3.05, 3.63) is 53.6 Å². The molecule has 0 bridgehead atoms. The normalized spacial score (nSPS) is 10.7. The standard InChI is InChI=1S/C12H9ClO3S.K/c13-9-1-5-11(6-2-9)17(15,16)12-7-3-10(14)4-8-12;/h1-8,14H;/q;+1/p-1. The average molecular weight is 307 g/mol. The SMILES string of the molecule is O=S(=O)(c1ccc([O-])cc1)c1ccc(Cl)cc1.[K+]. The zero-order chi connectivity index (χ0) is 12.5. The molecule has 0 radical (unpaired) electrons. The second-order valence-corrected chi connectivity index (χ2v) is 5.81. The summed E-state index contributed by atoms with van der Waals surface area (Å²) in [4.78, 5) is 0.250. The molecule has 18 heavy (non-hydrogen) atoms. The molecule has 6 heteroatoms. The summed E-state index contributed by atoms with van der Waals surface area (Å²) in [6.07, 6.45) is 0. The van der Waals surface area contributed by atoms with E-state index in [1.807, 2.05) is 0 Å². The molecular formula is C12H8ClKO3S. The number of hydrogen-bond acceptors (Lipinski definition) is 3. The van der Waals surface area contributed by atoms with Gasteiger partial charge in [-0.3, -0.25) is 0 Å². The first-order valence-electron chi connectivity index (χ1n) is 4.78. The summed E-state index contributed by atoms with van der Waals surface area (Å²) >= 11 is 5.69. The van der Waals surface area contributed by atoms with Crippen molar-refractivity contribution in [2.75, 3.05) is 0 Å². The molecule has 0 N–H and O–H groups in total. The van der Waals surface area contributed by atoms with E-state index in [0.29, 0.717) is 5.02 Å². The summed E-state index contributed by atoms with van der Waals surface area (Å²) in [5.41, 5.74) is 0. The molecule has 0 spiro atoms. The monoisotopic (exact) mass is 306 g/mol. The second kappa shape index (κ2) is 6.52. The molecular weight excluding hydrogens is 299 g/mol. The maximum absolute atomic E-state index is 12.1.